The van der Waals surface area contributed by atoms with Gasteiger partial charge in [-0.3, -0.25) is 0 Å². The topological polar surface area (TPSA) is 51.5 Å². The fraction of sp³-hybridized carbons (Fsp3) is 0.182. The highest BCUT2D eigenvalue weighted by molar-refractivity contribution is 6.35. The molecule has 1 N–H and O–H groups in total. The van der Waals surface area contributed by atoms with Crippen LogP contribution in [0.4, 0.5) is 0 Å². The Balaban J connectivity index is 2.89. The molecule has 5 heteroatoms. The Labute approximate surface area is 97.0 Å². The third kappa shape index (κ3) is 1.42. The van der Waals surface area contributed by atoms with Gasteiger partial charge in [0.05, 0.1) is 17.6 Å². The Hall–Kier alpha value is -1.68. The summed E-state index contributed by atoms with van der Waals surface area (Å²) in [5.41, 5.74) is 0.869. The first kappa shape index (κ1) is 10.8. The van der Waals surface area contributed by atoms with Crippen LogP contribution in [-0.4, -0.2) is 22.8 Å². The summed E-state index contributed by atoms with van der Waals surface area (Å²) in [6.45, 7) is 0. The number of hydrogen-bond acceptors (Lipinski definition) is 2. The number of carboxylic acid groups (broad SMARTS) is 1. The quantitative estimate of drug-likeness (QED) is 0.876. The van der Waals surface area contributed by atoms with Crippen molar-refractivity contribution in [3.8, 4) is 5.75 Å². The van der Waals surface area contributed by atoms with Gasteiger partial charge < -0.3 is 14.4 Å². The Kier molecular flexibility index (Phi) is 2.52. The van der Waals surface area contributed by atoms with Crippen molar-refractivity contribution in [1.29, 1.82) is 0 Å². The monoisotopic (exact) mass is 239 g/mol. The summed E-state index contributed by atoms with van der Waals surface area (Å²) in [4.78, 5) is 11.0. The minimum atomic E-state index is -0.989. The summed E-state index contributed by atoms with van der Waals surface area (Å²) >= 11 is 6.01. The molecule has 0 aliphatic rings. The zero-order chi connectivity index (χ0) is 11.9. The fourth-order valence-corrected chi connectivity index (χ4v) is 1.98. The number of carbonyl (C=O) groups is 1. The molecule has 0 aliphatic heterocycles. The number of aromatic carboxylic acids is 1. The SMILES string of the molecule is COc1ccc(Cl)c2cc(C(=O)O)n(C)c12. The maximum Gasteiger partial charge on any atom is 0.352 e. The second-order valence-electron chi connectivity index (χ2n) is 3.41. The Morgan fingerprint density at radius 2 is 2.19 bits per heavy atom. The van der Waals surface area contributed by atoms with Crippen molar-refractivity contribution in [2.75, 3.05) is 7.11 Å². The average Bonchev–Trinajstić information content (AvgIpc) is 2.59. The molecule has 0 bridgehead atoms. The molecule has 0 aliphatic carbocycles. The number of halogens is 1. The van der Waals surface area contributed by atoms with Gasteiger partial charge in [0.25, 0.3) is 0 Å². The fourth-order valence-electron chi connectivity index (χ4n) is 1.77. The number of aromatic nitrogens is 1. The molecule has 0 saturated carbocycles. The molecule has 0 spiro atoms. The number of rotatable bonds is 2. The lowest BCUT2D eigenvalue weighted by Crippen LogP contribution is -2.04. The van der Waals surface area contributed by atoms with E-state index < -0.39 is 5.97 Å². The molecule has 0 amide bonds. The zero-order valence-corrected chi connectivity index (χ0v) is 9.58. The van der Waals surface area contributed by atoms with Gasteiger partial charge >= 0.3 is 5.97 Å². The summed E-state index contributed by atoms with van der Waals surface area (Å²) in [6, 6.07) is 4.95. The van der Waals surface area contributed by atoms with E-state index in [1.165, 1.54) is 7.11 Å². The number of carboxylic acids is 1. The smallest absolute Gasteiger partial charge is 0.352 e. The Morgan fingerprint density at radius 3 is 2.75 bits per heavy atom. The van der Waals surface area contributed by atoms with Gasteiger partial charge in [0.1, 0.15) is 11.4 Å². The van der Waals surface area contributed by atoms with Crippen LogP contribution >= 0.6 is 11.6 Å². The summed E-state index contributed by atoms with van der Waals surface area (Å²) in [5, 5.41) is 10.2. The van der Waals surface area contributed by atoms with Crippen molar-refractivity contribution in [1.82, 2.24) is 4.57 Å². The molecule has 1 aromatic heterocycles. The van der Waals surface area contributed by atoms with Gasteiger partial charge in [-0.25, -0.2) is 4.79 Å². The minimum Gasteiger partial charge on any atom is -0.495 e. The maximum atomic E-state index is 11.0. The van der Waals surface area contributed by atoms with Crippen LogP contribution < -0.4 is 4.74 Å². The molecule has 0 radical (unpaired) electrons. The molecule has 0 saturated heterocycles. The van der Waals surface area contributed by atoms with Crippen molar-refractivity contribution in [3.63, 3.8) is 0 Å². The predicted molar refractivity (Wildman–Crippen MR) is 61.4 cm³/mol. The number of hydrogen-bond donors (Lipinski definition) is 1. The van der Waals surface area contributed by atoms with Gasteiger partial charge in [-0.1, -0.05) is 11.6 Å². The third-order valence-corrected chi connectivity index (χ3v) is 2.87. The molecule has 1 aromatic carbocycles. The molecular formula is C11H10ClNO3. The number of benzene rings is 1. The molecule has 0 atom stereocenters. The first-order valence-electron chi connectivity index (χ1n) is 4.61. The normalized spacial score (nSPS) is 10.7. The number of aryl methyl sites for hydroxylation is 1. The minimum absolute atomic E-state index is 0.182. The van der Waals surface area contributed by atoms with Crippen LogP contribution in [0.3, 0.4) is 0 Å². The first-order chi connectivity index (χ1) is 7.56. The van der Waals surface area contributed by atoms with Gasteiger partial charge in [-0.05, 0) is 18.2 Å². The standard InChI is InChI=1S/C11H10ClNO3/c1-13-8(11(14)15)5-6-7(12)3-4-9(16-2)10(6)13/h3-5H,1-2H3,(H,14,15). The van der Waals surface area contributed by atoms with Crippen LogP contribution in [-0.2, 0) is 7.05 Å². The van der Waals surface area contributed by atoms with Gasteiger partial charge in [-0.2, -0.15) is 0 Å². The third-order valence-electron chi connectivity index (χ3n) is 2.54. The largest absolute Gasteiger partial charge is 0.495 e. The molecule has 1 heterocycles. The Morgan fingerprint density at radius 1 is 1.50 bits per heavy atom. The first-order valence-corrected chi connectivity index (χ1v) is 4.99. The van der Waals surface area contributed by atoms with E-state index in [-0.39, 0.29) is 5.69 Å². The molecule has 84 valence electrons. The van der Waals surface area contributed by atoms with E-state index in [4.69, 9.17) is 21.4 Å². The van der Waals surface area contributed by atoms with Crippen LogP contribution in [0, 0.1) is 0 Å². The zero-order valence-electron chi connectivity index (χ0n) is 8.82. The lowest BCUT2D eigenvalue weighted by Gasteiger charge is -2.06. The van der Waals surface area contributed by atoms with E-state index in [0.29, 0.717) is 21.7 Å². The van der Waals surface area contributed by atoms with Gasteiger partial charge in [0.2, 0.25) is 0 Å². The van der Waals surface area contributed by atoms with E-state index in [0.717, 1.165) is 0 Å². The predicted octanol–water partition coefficient (Wildman–Crippen LogP) is 2.54. The van der Waals surface area contributed by atoms with Crippen molar-refractivity contribution in [2.45, 2.75) is 0 Å². The summed E-state index contributed by atoms with van der Waals surface area (Å²) < 4.78 is 6.74. The molecule has 16 heavy (non-hydrogen) atoms. The lowest BCUT2D eigenvalue weighted by atomic mass is 10.2. The van der Waals surface area contributed by atoms with Gasteiger partial charge in [0, 0.05) is 12.4 Å². The molecule has 2 rings (SSSR count). The Bertz CT molecular complexity index is 574. The number of ether oxygens (including phenoxy) is 1. The van der Waals surface area contributed by atoms with Crippen molar-refractivity contribution in [2.24, 2.45) is 7.05 Å². The molecular weight excluding hydrogens is 230 g/mol. The van der Waals surface area contributed by atoms with Gasteiger partial charge in [0.15, 0.2) is 0 Å². The second-order valence-corrected chi connectivity index (χ2v) is 3.81. The van der Waals surface area contributed by atoms with Crippen LogP contribution in [0.25, 0.3) is 10.9 Å². The van der Waals surface area contributed by atoms with Crippen LogP contribution in [0.2, 0.25) is 5.02 Å². The van der Waals surface area contributed by atoms with E-state index in [1.54, 1.807) is 29.8 Å². The summed E-state index contributed by atoms with van der Waals surface area (Å²) in [5.74, 6) is -0.383. The molecule has 0 unspecified atom stereocenters. The van der Waals surface area contributed by atoms with Crippen molar-refractivity contribution >= 4 is 28.5 Å². The number of fused-ring (bicyclic) bond motifs is 1. The highest BCUT2D eigenvalue weighted by atomic mass is 35.5. The molecule has 0 fully saturated rings. The highest BCUT2D eigenvalue weighted by Crippen LogP contribution is 2.33. The van der Waals surface area contributed by atoms with E-state index in [1.807, 2.05) is 0 Å². The second kappa shape index (κ2) is 3.72. The lowest BCUT2D eigenvalue weighted by molar-refractivity contribution is 0.0687. The summed E-state index contributed by atoms with van der Waals surface area (Å²) in [6.07, 6.45) is 0. The van der Waals surface area contributed by atoms with Crippen LogP contribution in [0.1, 0.15) is 10.5 Å². The average molecular weight is 240 g/mol. The van der Waals surface area contributed by atoms with Gasteiger partial charge in [-0.15, -0.1) is 0 Å². The highest BCUT2D eigenvalue weighted by Gasteiger charge is 2.16. The maximum absolute atomic E-state index is 11.0. The summed E-state index contributed by atoms with van der Waals surface area (Å²) in [7, 11) is 3.21. The van der Waals surface area contributed by atoms with Crippen LogP contribution in [0.15, 0.2) is 18.2 Å². The number of nitrogens with zero attached hydrogens (tertiary/aromatic N) is 1. The molecule has 2 aromatic rings. The van der Waals surface area contributed by atoms with E-state index in [9.17, 15) is 4.79 Å². The van der Waals surface area contributed by atoms with Crippen LogP contribution in [0.5, 0.6) is 5.75 Å². The number of methoxy groups -OCH3 is 1. The van der Waals surface area contributed by atoms with E-state index in [2.05, 4.69) is 0 Å². The van der Waals surface area contributed by atoms with E-state index >= 15 is 0 Å². The van der Waals surface area contributed by atoms with Crippen molar-refractivity contribution < 1.29 is 14.6 Å². The molecule has 4 nitrogen and oxygen atoms in total. The van der Waals surface area contributed by atoms with Crippen molar-refractivity contribution in [3.05, 3.63) is 28.9 Å².